The Morgan fingerprint density at radius 3 is 2.51 bits per heavy atom. The molecule has 6 nitrogen and oxygen atoms in total. The second-order valence-corrected chi connectivity index (χ2v) is 10.6. The molecule has 190 valence electrons. The average Bonchev–Trinajstić information content (AvgIpc) is 3.22. The fourth-order valence-corrected chi connectivity index (χ4v) is 5.38. The van der Waals surface area contributed by atoms with Gasteiger partial charge in [0.1, 0.15) is 0 Å². The van der Waals surface area contributed by atoms with Crippen molar-refractivity contribution >= 4 is 50.5 Å². The third-order valence-corrected chi connectivity index (χ3v) is 7.39. The van der Waals surface area contributed by atoms with Gasteiger partial charge in [-0.3, -0.25) is 14.5 Å². The highest BCUT2D eigenvalue weighted by Crippen LogP contribution is 2.39. The van der Waals surface area contributed by atoms with E-state index >= 15 is 0 Å². The molecule has 0 aromatic heterocycles. The Kier molecular flexibility index (Phi) is 7.72. The maximum atomic E-state index is 13.2. The number of aryl methyl sites for hydroxylation is 1. The van der Waals surface area contributed by atoms with Gasteiger partial charge in [-0.2, -0.15) is 0 Å². The van der Waals surface area contributed by atoms with E-state index in [4.69, 9.17) is 5.11 Å². The van der Waals surface area contributed by atoms with Crippen molar-refractivity contribution in [3.05, 3.63) is 93.5 Å². The van der Waals surface area contributed by atoms with Crippen LogP contribution in [0.1, 0.15) is 47.9 Å². The lowest BCUT2D eigenvalue weighted by Crippen LogP contribution is -2.29. The molecule has 37 heavy (non-hydrogen) atoms. The van der Waals surface area contributed by atoms with Crippen molar-refractivity contribution < 1.29 is 14.7 Å². The van der Waals surface area contributed by atoms with E-state index in [1.54, 1.807) is 0 Å². The predicted octanol–water partition coefficient (Wildman–Crippen LogP) is 6.38. The van der Waals surface area contributed by atoms with Crippen LogP contribution in [0.25, 0.3) is 11.3 Å². The molecule has 3 N–H and O–H groups in total. The lowest BCUT2D eigenvalue weighted by Gasteiger charge is -2.26. The van der Waals surface area contributed by atoms with Crippen LogP contribution in [0.4, 0.5) is 11.4 Å². The first-order chi connectivity index (χ1) is 18.0. The molecule has 0 bridgehead atoms. The van der Waals surface area contributed by atoms with Gasteiger partial charge < -0.3 is 15.7 Å². The smallest absolute Gasteiger partial charge is 0.303 e. The number of nitrogens with zero attached hydrogens (tertiary/aromatic N) is 1. The van der Waals surface area contributed by atoms with E-state index in [0.717, 1.165) is 52.2 Å². The van der Waals surface area contributed by atoms with Gasteiger partial charge in [0.25, 0.3) is 5.91 Å². The number of piperidine rings is 1. The van der Waals surface area contributed by atoms with E-state index in [-0.39, 0.29) is 12.3 Å². The van der Waals surface area contributed by atoms with E-state index in [1.807, 2.05) is 42.5 Å². The summed E-state index contributed by atoms with van der Waals surface area (Å²) in [4.78, 5) is 26.8. The number of carbonyl (C=O) groups is 2. The van der Waals surface area contributed by atoms with Crippen LogP contribution in [-0.4, -0.2) is 35.0 Å². The quantitative estimate of drug-likeness (QED) is 0.279. The number of benzene rings is 3. The number of hydrogen-bond donors (Lipinski definition) is 3. The fourth-order valence-electron chi connectivity index (χ4n) is 5.02. The number of anilines is 2. The van der Waals surface area contributed by atoms with Crippen molar-refractivity contribution in [2.24, 2.45) is 0 Å². The number of carboxylic acids is 1. The highest BCUT2D eigenvalue weighted by molar-refractivity contribution is 9.10. The highest BCUT2D eigenvalue weighted by Gasteiger charge is 2.28. The summed E-state index contributed by atoms with van der Waals surface area (Å²) in [6, 6.07) is 21.9. The predicted molar refractivity (Wildman–Crippen MR) is 151 cm³/mol. The molecule has 1 saturated heterocycles. The van der Waals surface area contributed by atoms with Gasteiger partial charge in [-0.1, -0.05) is 58.7 Å². The second kappa shape index (κ2) is 11.3. The third kappa shape index (κ3) is 6.12. The number of rotatable bonds is 8. The minimum atomic E-state index is -0.832. The van der Waals surface area contributed by atoms with Crippen LogP contribution in [0.2, 0.25) is 0 Å². The summed E-state index contributed by atoms with van der Waals surface area (Å²) in [6.07, 6.45) is 4.33. The van der Waals surface area contributed by atoms with Crippen molar-refractivity contribution in [2.75, 3.05) is 23.7 Å². The lowest BCUT2D eigenvalue weighted by molar-refractivity contribution is -0.137. The van der Waals surface area contributed by atoms with Gasteiger partial charge in [-0.05, 0) is 79.4 Å². The zero-order valence-electron chi connectivity index (χ0n) is 20.6. The summed E-state index contributed by atoms with van der Waals surface area (Å²) in [5.74, 6) is -1.00. The number of carbonyl (C=O) groups excluding carboxylic acids is 1. The molecule has 0 aliphatic carbocycles. The van der Waals surface area contributed by atoms with Gasteiger partial charge in [0, 0.05) is 28.7 Å². The first kappa shape index (κ1) is 25.2. The van der Waals surface area contributed by atoms with E-state index in [2.05, 4.69) is 55.7 Å². The molecule has 5 rings (SSSR count). The molecule has 0 radical (unpaired) electrons. The maximum Gasteiger partial charge on any atom is 0.303 e. The molecule has 2 heterocycles. The van der Waals surface area contributed by atoms with Crippen molar-refractivity contribution in [1.29, 1.82) is 0 Å². The Balaban J connectivity index is 1.49. The number of nitrogens with one attached hydrogen (secondary N) is 2. The number of halogens is 1. The zero-order valence-corrected chi connectivity index (χ0v) is 22.2. The topological polar surface area (TPSA) is 81.7 Å². The van der Waals surface area contributed by atoms with Crippen molar-refractivity contribution in [3.8, 4) is 0 Å². The highest BCUT2D eigenvalue weighted by atomic mass is 79.9. The molecule has 7 heteroatoms. The molecule has 1 fully saturated rings. The van der Waals surface area contributed by atoms with Crippen LogP contribution in [0.5, 0.6) is 0 Å². The van der Waals surface area contributed by atoms with Crippen LogP contribution in [0, 0.1) is 0 Å². The molecule has 0 unspecified atom stereocenters. The van der Waals surface area contributed by atoms with E-state index < -0.39 is 5.97 Å². The van der Waals surface area contributed by atoms with Gasteiger partial charge in [-0.15, -0.1) is 0 Å². The van der Waals surface area contributed by atoms with Gasteiger partial charge in [0.2, 0.25) is 0 Å². The molecule has 2 aliphatic rings. The van der Waals surface area contributed by atoms with E-state index in [1.165, 1.54) is 24.8 Å². The summed E-state index contributed by atoms with van der Waals surface area (Å²) < 4.78 is 0.891. The van der Waals surface area contributed by atoms with Gasteiger partial charge in [-0.25, -0.2) is 0 Å². The molecule has 2 aliphatic heterocycles. The van der Waals surface area contributed by atoms with Crippen LogP contribution >= 0.6 is 15.9 Å². The second-order valence-electron chi connectivity index (χ2n) is 9.65. The Bertz CT molecular complexity index is 1340. The Morgan fingerprint density at radius 2 is 1.76 bits per heavy atom. The number of hydrogen-bond acceptors (Lipinski definition) is 4. The van der Waals surface area contributed by atoms with Crippen molar-refractivity contribution in [2.45, 2.75) is 38.6 Å². The van der Waals surface area contributed by atoms with Crippen molar-refractivity contribution in [1.82, 2.24) is 4.90 Å². The molecule has 1 amide bonds. The van der Waals surface area contributed by atoms with Crippen LogP contribution < -0.4 is 10.6 Å². The number of likely N-dealkylation sites (tertiary alicyclic amines) is 1. The number of fused-ring (bicyclic) bond motifs is 1. The summed E-state index contributed by atoms with van der Waals surface area (Å²) >= 11 is 3.49. The standard InChI is InChI=1S/C30H30BrN3O3/c31-23-10-13-25-26(18-23)33-30(37)28(25)29(22-6-4-5-20(17-22)9-14-27(35)36)32-24-11-7-21(8-12-24)19-34-15-2-1-3-16-34/h4-8,10-13,17-18,32H,1-3,9,14-16,19H2,(H,33,37)(H,35,36). The lowest BCUT2D eigenvalue weighted by atomic mass is 9.97. The van der Waals surface area contributed by atoms with Crippen molar-refractivity contribution in [3.63, 3.8) is 0 Å². The SMILES string of the molecule is O=C(O)CCc1cccc(C(Nc2ccc(CN3CCCCC3)cc2)=C2C(=O)Nc3cc(Br)ccc32)c1. The van der Waals surface area contributed by atoms with E-state index in [9.17, 15) is 9.59 Å². The molecular formula is C30H30BrN3O3. The summed E-state index contributed by atoms with van der Waals surface area (Å²) in [5.41, 5.74) is 6.74. The number of aliphatic carboxylic acids is 1. The van der Waals surface area contributed by atoms with Gasteiger partial charge >= 0.3 is 5.97 Å². The monoisotopic (exact) mass is 559 g/mol. The Morgan fingerprint density at radius 1 is 0.973 bits per heavy atom. The largest absolute Gasteiger partial charge is 0.481 e. The normalized spacial score (nSPS) is 16.7. The minimum absolute atomic E-state index is 0.0542. The first-order valence-electron chi connectivity index (χ1n) is 12.7. The fraction of sp³-hybridized carbons (Fsp3) is 0.267. The third-order valence-electron chi connectivity index (χ3n) is 6.90. The minimum Gasteiger partial charge on any atom is -0.481 e. The van der Waals surface area contributed by atoms with Crippen LogP contribution in [-0.2, 0) is 22.6 Å². The summed E-state index contributed by atoms with van der Waals surface area (Å²) in [6.45, 7) is 3.25. The molecule has 3 aromatic carbocycles. The van der Waals surface area contributed by atoms with E-state index in [0.29, 0.717) is 17.7 Å². The number of amides is 1. The summed E-state index contributed by atoms with van der Waals surface area (Å²) in [5, 5.41) is 15.6. The molecule has 0 saturated carbocycles. The Labute approximate surface area is 225 Å². The molecular weight excluding hydrogens is 530 g/mol. The summed E-state index contributed by atoms with van der Waals surface area (Å²) in [7, 11) is 0. The Hall–Kier alpha value is -3.42. The molecule has 3 aromatic rings. The van der Waals surface area contributed by atoms with Gasteiger partial charge in [0.05, 0.1) is 17.0 Å². The van der Waals surface area contributed by atoms with Gasteiger partial charge in [0.15, 0.2) is 0 Å². The maximum absolute atomic E-state index is 13.2. The zero-order chi connectivity index (χ0) is 25.8. The molecule has 0 spiro atoms. The first-order valence-corrected chi connectivity index (χ1v) is 13.5. The van der Waals surface area contributed by atoms with Crippen LogP contribution in [0.15, 0.2) is 71.2 Å². The average molecular weight is 560 g/mol. The van der Waals surface area contributed by atoms with Crippen LogP contribution in [0.3, 0.4) is 0 Å². The number of carboxylic acid groups (broad SMARTS) is 1. The molecule has 0 atom stereocenters.